The number of piperidine rings is 1. The molecule has 22 heavy (non-hydrogen) atoms. The number of nitrogens with zero attached hydrogens (tertiary/aromatic N) is 1. The molecule has 1 saturated carbocycles. The number of amides is 1. The molecule has 2 aliphatic heterocycles. The maximum atomic E-state index is 12.4. The van der Waals surface area contributed by atoms with Gasteiger partial charge in [0, 0.05) is 25.2 Å². The minimum atomic E-state index is -1.11. The molecule has 126 valence electrons. The van der Waals surface area contributed by atoms with Crippen LogP contribution in [0.5, 0.6) is 0 Å². The lowest BCUT2D eigenvalue weighted by Crippen LogP contribution is -2.55. The molecule has 0 atom stereocenters. The predicted octanol–water partition coefficient (Wildman–Crippen LogP) is 2.16. The molecular weight excluding hydrogens is 296 g/mol. The van der Waals surface area contributed by atoms with Gasteiger partial charge in [-0.05, 0) is 50.0 Å². The van der Waals surface area contributed by atoms with Crippen molar-refractivity contribution < 1.29 is 9.90 Å². The van der Waals surface area contributed by atoms with Crippen molar-refractivity contribution in [3.05, 3.63) is 0 Å². The lowest BCUT2D eigenvalue weighted by atomic mass is 9.91. The minimum absolute atomic E-state index is 0.121. The van der Waals surface area contributed by atoms with Crippen molar-refractivity contribution >= 4 is 17.7 Å². The molecule has 0 aromatic carbocycles. The zero-order valence-corrected chi connectivity index (χ0v) is 14.4. The van der Waals surface area contributed by atoms with Crippen molar-refractivity contribution in [3.8, 4) is 0 Å². The molecule has 0 spiro atoms. The Morgan fingerprint density at radius 3 is 2.32 bits per heavy atom. The van der Waals surface area contributed by atoms with Gasteiger partial charge in [0.1, 0.15) is 5.60 Å². The molecule has 2 N–H and O–H groups in total. The van der Waals surface area contributed by atoms with E-state index in [1.807, 2.05) is 11.8 Å². The third-order valence-corrected chi connectivity index (χ3v) is 6.68. The van der Waals surface area contributed by atoms with Gasteiger partial charge in [-0.15, -0.1) is 0 Å². The van der Waals surface area contributed by atoms with Gasteiger partial charge in [0.05, 0.1) is 0 Å². The Hall–Kier alpha value is -0.260. The molecule has 2 saturated heterocycles. The molecule has 0 radical (unpaired) electrons. The number of carbonyl (C=O) groups excluding carboxylic acids is 1. The average Bonchev–Trinajstić information content (AvgIpc) is 2.57. The quantitative estimate of drug-likeness (QED) is 0.834. The van der Waals surface area contributed by atoms with Crippen molar-refractivity contribution in [2.24, 2.45) is 0 Å². The van der Waals surface area contributed by atoms with Gasteiger partial charge in [-0.1, -0.05) is 19.3 Å². The number of thioether (sulfide) groups is 1. The standard InChI is InChI=1S/C17H30N2O2S/c20-16(17(21)8-12-22-13-9-17)18-14-6-10-19(11-7-14)15-4-2-1-3-5-15/h14-15,21H,1-13H2,(H,18,20). The number of rotatable bonds is 3. The van der Waals surface area contributed by atoms with Gasteiger partial charge in [-0.3, -0.25) is 4.79 Å². The van der Waals surface area contributed by atoms with Gasteiger partial charge in [0.2, 0.25) is 0 Å². The second-order valence-corrected chi connectivity index (χ2v) is 8.44. The summed E-state index contributed by atoms with van der Waals surface area (Å²) in [4.78, 5) is 15.0. The summed E-state index contributed by atoms with van der Waals surface area (Å²) in [5, 5.41) is 13.6. The monoisotopic (exact) mass is 326 g/mol. The molecule has 4 nitrogen and oxygen atoms in total. The molecule has 3 rings (SSSR count). The SMILES string of the molecule is O=C(NC1CCN(C2CCCCC2)CC1)C1(O)CCSCC1. The smallest absolute Gasteiger partial charge is 0.252 e. The fourth-order valence-electron chi connectivity index (χ4n) is 4.11. The molecule has 0 aromatic heterocycles. The first-order valence-electron chi connectivity index (χ1n) is 9.02. The van der Waals surface area contributed by atoms with Gasteiger partial charge in [-0.25, -0.2) is 0 Å². The van der Waals surface area contributed by atoms with Crippen LogP contribution in [-0.2, 0) is 4.79 Å². The molecule has 3 fully saturated rings. The molecule has 3 aliphatic rings. The largest absolute Gasteiger partial charge is 0.380 e. The lowest BCUT2D eigenvalue weighted by Gasteiger charge is -2.40. The fourth-order valence-corrected chi connectivity index (χ4v) is 5.28. The summed E-state index contributed by atoms with van der Waals surface area (Å²) >= 11 is 1.83. The Balaban J connectivity index is 1.44. The summed E-state index contributed by atoms with van der Waals surface area (Å²) in [6.45, 7) is 2.20. The van der Waals surface area contributed by atoms with Crippen LogP contribution in [0.4, 0.5) is 0 Å². The first-order chi connectivity index (χ1) is 10.7. The van der Waals surface area contributed by atoms with Crippen LogP contribution in [-0.4, -0.2) is 58.2 Å². The van der Waals surface area contributed by atoms with Crippen LogP contribution in [0.2, 0.25) is 0 Å². The second kappa shape index (κ2) is 7.54. The summed E-state index contributed by atoms with van der Waals surface area (Å²) in [5.41, 5.74) is -1.11. The molecule has 0 aromatic rings. The molecule has 1 amide bonds. The van der Waals surface area contributed by atoms with Crippen LogP contribution in [0.15, 0.2) is 0 Å². The van der Waals surface area contributed by atoms with E-state index >= 15 is 0 Å². The minimum Gasteiger partial charge on any atom is -0.380 e. The Morgan fingerprint density at radius 2 is 1.68 bits per heavy atom. The maximum Gasteiger partial charge on any atom is 0.252 e. The van der Waals surface area contributed by atoms with Crippen molar-refractivity contribution in [3.63, 3.8) is 0 Å². The van der Waals surface area contributed by atoms with E-state index in [1.54, 1.807) is 0 Å². The maximum absolute atomic E-state index is 12.4. The highest BCUT2D eigenvalue weighted by Gasteiger charge is 2.38. The summed E-state index contributed by atoms with van der Waals surface area (Å²) < 4.78 is 0. The molecule has 2 heterocycles. The zero-order valence-electron chi connectivity index (χ0n) is 13.6. The van der Waals surface area contributed by atoms with E-state index in [1.165, 1.54) is 32.1 Å². The fraction of sp³-hybridized carbons (Fsp3) is 0.941. The van der Waals surface area contributed by atoms with Gasteiger partial charge in [0.15, 0.2) is 0 Å². The summed E-state index contributed by atoms with van der Waals surface area (Å²) in [5.74, 6) is 1.66. The Kier molecular flexibility index (Phi) is 5.69. The number of aliphatic hydroxyl groups is 1. The summed E-state index contributed by atoms with van der Waals surface area (Å²) in [6, 6.07) is 1.04. The van der Waals surface area contributed by atoms with E-state index in [0.717, 1.165) is 43.5 Å². The number of likely N-dealkylation sites (tertiary alicyclic amines) is 1. The molecular formula is C17H30N2O2S. The second-order valence-electron chi connectivity index (χ2n) is 7.22. The summed E-state index contributed by atoms with van der Waals surface area (Å²) in [6.07, 6.45) is 10.1. The van der Waals surface area contributed by atoms with E-state index in [9.17, 15) is 9.90 Å². The molecule has 1 aliphatic carbocycles. The van der Waals surface area contributed by atoms with Crippen LogP contribution >= 0.6 is 11.8 Å². The van der Waals surface area contributed by atoms with Gasteiger partial charge in [0.25, 0.3) is 5.91 Å². The first kappa shape index (κ1) is 16.6. The van der Waals surface area contributed by atoms with Crippen LogP contribution in [0, 0.1) is 0 Å². The number of hydrogen-bond donors (Lipinski definition) is 2. The van der Waals surface area contributed by atoms with Crippen molar-refractivity contribution in [1.82, 2.24) is 10.2 Å². The Labute approximate surface area is 138 Å². The van der Waals surface area contributed by atoms with E-state index in [4.69, 9.17) is 0 Å². The topological polar surface area (TPSA) is 52.6 Å². The van der Waals surface area contributed by atoms with Crippen molar-refractivity contribution in [2.75, 3.05) is 24.6 Å². The average molecular weight is 327 g/mol. The van der Waals surface area contributed by atoms with Gasteiger partial charge >= 0.3 is 0 Å². The number of carbonyl (C=O) groups is 1. The lowest BCUT2D eigenvalue weighted by molar-refractivity contribution is -0.141. The van der Waals surface area contributed by atoms with Crippen LogP contribution in [0.25, 0.3) is 0 Å². The molecule has 5 heteroatoms. The Morgan fingerprint density at radius 1 is 1.05 bits per heavy atom. The van der Waals surface area contributed by atoms with E-state index in [2.05, 4.69) is 10.2 Å². The third-order valence-electron chi connectivity index (χ3n) is 5.70. The highest BCUT2D eigenvalue weighted by molar-refractivity contribution is 7.99. The van der Waals surface area contributed by atoms with E-state index < -0.39 is 5.60 Å². The van der Waals surface area contributed by atoms with Crippen molar-refractivity contribution in [1.29, 1.82) is 0 Å². The zero-order chi connectivity index (χ0) is 15.4. The van der Waals surface area contributed by atoms with Crippen LogP contribution in [0.1, 0.15) is 57.8 Å². The predicted molar refractivity (Wildman–Crippen MR) is 91.1 cm³/mol. The van der Waals surface area contributed by atoms with Crippen LogP contribution in [0.3, 0.4) is 0 Å². The van der Waals surface area contributed by atoms with Crippen molar-refractivity contribution in [2.45, 2.75) is 75.5 Å². The highest BCUT2D eigenvalue weighted by atomic mass is 32.2. The summed E-state index contributed by atoms with van der Waals surface area (Å²) in [7, 11) is 0. The molecule has 0 bridgehead atoms. The highest BCUT2D eigenvalue weighted by Crippen LogP contribution is 2.28. The van der Waals surface area contributed by atoms with Gasteiger partial charge in [-0.2, -0.15) is 11.8 Å². The number of nitrogens with one attached hydrogen (secondary N) is 1. The van der Waals surface area contributed by atoms with Crippen LogP contribution < -0.4 is 5.32 Å². The van der Waals surface area contributed by atoms with Gasteiger partial charge < -0.3 is 15.3 Å². The van der Waals surface area contributed by atoms with E-state index in [0.29, 0.717) is 12.8 Å². The Bertz CT molecular complexity index is 371. The normalized spacial score (nSPS) is 28.4. The first-order valence-corrected chi connectivity index (χ1v) is 10.2. The van der Waals surface area contributed by atoms with E-state index in [-0.39, 0.29) is 11.9 Å². The number of hydrogen-bond acceptors (Lipinski definition) is 4. The third kappa shape index (κ3) is 3.98. The molecule has 0 unspecified atom stereocenters.